The average molecular weight is 439 g/mol. The molecule has 164 valence electrons. The highest BCUT2D eigenvalue weighted by Gasteiger charge is 2.57. The van der Waals surface area contributed by atoms with Crippen molar-refractivity contribution in [3.8, 4) is 5.75 Å². The van der Waals surface area contributed by atoms with Gasteiger partial charge in [0.05, 0.1) is 24.2 Å². The van der Waals surface area contributed by atoms with Crippen molar-refractivity contribution in [1.29, 1.82) is 0 Å². The topological polar surface area (TPSA) is 79.3 Å². The lowest BCUT2D eigenvalue weighted by molar-refractivity contribution is -0.121. The average Bonchev–Trinajstić information content (AvgIpc) is 3.36. The molecule has 7 nitrogen and oxygen atoms in total. The second-order valence-corrected chi connectivity index (χ2v) is 7.93. The zero-order chi connectivity index (χ0) is 23.1. The van der Waals surface area contributed by atoms with E-state index in [9.17, 15) is 14.4 Å². The highest BCUT2D eigenvalue weighted by Crippen LogP contribution is 2.39. The Morgan fingerprint density at radius 2 is 1.52 bits per heavy atom. The summed E-state index contributed by atoms with van der Waals surface area (Å²) in [6.07, 6.45) is 0. The van der Waals surface area contributed by atoms with Crippen LogP contribution in [0.4, 0.5) is 11.4 Å². The third kappa shape index (κ3) is 3.38. The van der Waals surface area contributed by atoms with Crippen molar-refractivity contribution in [2.75, 3.05) is 17.0 Å². The zero-order valence-corrected chi connectivity index (χ0v) is 18.1. The molecule has 2 aliphatic heterocycles. The number of carbonyl (C=O) groups is 3. The molecule has 7 heteroatoms. The van der Waals surface area contributed by atoms with E-state index in [2.05, 4.69) is 0 Å². The number of ether oxygens (including phenoxy) is 1. The van der Waals surface area contributed by atoms with E-state index >= 15 is 0 Å². The van der Waals surface area contributed by atoms with Crippen LogP contribution in [0.5, 0.6) is 5.75 Å². The number of fused-ring (bicyclic) bond motifs is 1. The van der Waals surface area contributed by atoms with Crippen LogP contribution >= 0.6 is 0 Å². The molecule has 2 atom stereocenters. The number of Topliss-reactive ketones (excluding diaryl/α,β-unsaturated/α-hetero) is 1. The Kier molecular flexibility index (Phi) is 5.01. The minimum Gasteiger partial charge on any atom is -0.497 e. The number of carbonyl (C=O) groups excluding carboxylic acids is 3. The van der Waals surface area contributed by atoms with Gasteiger partial charge in [-0.3, -0.25) is 19.4 Å². The van der Waals surface area contributed by atoms with E-state index in [1.807, 2.05) is 42.5 Å². The van der Waals surface area contributed by atoms with Crippen molar-refractivity contribution in [2.24, 2.45) is 11.0 Å². The summed E-state index contributed by atoms with van der Waals surface area (Å²) in [6.45, 7) is 1.47. The number of ketones is 1. The van der Waals surface area contributed by atoms with Gasteiger partial charge in [0.15, 0.2) is 5.78 Å². The minimum atomic E-state index is -0.788. The standard InChI is InChI=1S/C26H21N3O4/c1-16(30)17-8-12-19(13-9-17)28-25(31)22-23(18-10-14-21(33-2)15-11-18)27-29(24(22)26(28)32)20-6-4-3-5-7-20/h3-15,22,24H,1-2H3/t22-,24+/m0/s1. The molecule has 2 aliphatic rings. The van der Waals surface area contributed by atoms with Crippen LogP contribution in [0.1, 0.15) is 22.8 Å². The Morgan fingerprint density at radius 1 is 0.848 bits per heavy atom. The Morgan fingerprint density at radius 3 is 2.12 bits per heavy atom. The number of rotatable bonds is 5. The molecule has 2 heterocycles. The number of benzene rings is 3. The SMILES string of the molecule is COc1ccc(C2=NN(c3ccccc3)[C@H]3C(=O)N(c4ccc(C(C)=O)cc4)C(=O)[C@@H]23)cc1. The molecule has 2 amide bonds. The molecule has 0 saturated carbocycles. The Balaban J connectivity index is 1.58. The Bertz CT molecular complexity index is 1270. The van der Waals surface area contributed by atoms with Crippen molar-refractivity contribution in [3.05, 3.63) is 90.0 Å². The summed E-state index contributed by atoms with van der Waals surface area (Å²) in [5, 5.41) is 6.36. The zero-order valence-electron chi connectivity index (χ0n) is 18.1. The van der Waals surface area contributed by atoms with Gasteiger partial charge in [-0.2, -0.15) is 5.10 Å². The van der Waals surface area contributed by atoms with Gasteiger partial charge in [0.25, 0.3) is 5.91 Å². The van der Waals surface area contributed by atoms with Crippen LogP contribution in [0.2, 0.25) is 0 Å². The lowest BCUT2D eigenvalue weighted by Crippen LogP contribution is -2.39. The van der Waals surface area contributed by atoms with Crippen molar-refractivity contribution < 1.29 is 19.1 Å². The number of para-hydroxylation sites is 1. The van der Waals surface area contributed by atoms with Gasteiger partial charge >= 0.3 is 0 Å². The van der Waals surface area contributed by atoms with E-state index in [0.717, 1.165) is 11.3 Å². The van der Waals surface area contributed by atoms with Gasteiger partial charge in [-0.1, -0.05) is 18.2 Å². The first-order valence-corrected chi connectivity index (χ1v) is 10.6. The van der Waals surface area contributed by atoms with E-state index < -0.39 is 12.0 Å². The van der Waals surface area contributed by atoms with Crippen LogP contribution in [0.3, 0.4) is 0 Å². The molecule has 0 unspecified atom stereocenters. The van der Waals surface area contributed by atoms with Crippen molar-refractivity contribution in [1.82, 2.24) is 0 Å². The van der Waals surface area contributed by atoms with E-state index in [-0.39, 0.29) is 17.6 Å². The largest absolute Gasteiger partial charge is 0.497 e. The normalized spacial score (nSPS) is 19.5. The van der Waals surface area contributed by atoms with Gasteiger partial charge in [-0.25, -0.2) is 4.90 Å². The molecule has 0 radical (unpaired) electrons. The van der Waals surface area contributed by atoms with Gasteiger partial charge in [-0.05, 0) is 73.2 Å². The molecule has 0 aliphatic carbocycles. The minimum absolute atomic E-state index is 0.0818. The quantitative estimate of drug-likeness (QED) is 0.448. The molecule has 3 aromatic carbocycles. The maximum Gasteiger partial charge on any atom is 0.259 e. The fourth-order valence-electron chi connectivity index (χ4n) is 4.31. The third-order valence-electron chi connectivity index (χ3n) is 5.99. The maximum absolute atomic E-state index is 13.6. The third-order valence-corrected chi connectivity index (χ3v) is 5.99. The van der Waals surface area contributed by atoms with Crippen LogP contribution < -0.4 is 14.6 Å². The predicted molar refractivity (Wildman–Crippen MR) is 125 cm³/mol. The maximum atomic E-state index is 13.6. The first kappa shape index (κ1) is 20.6. The number of hydrogen-bond donors (Lipinski definition) is 0. The van der Waals surface area contributed by atoms with Crippen LogP contribution in [0.15, 0.2) is 84.0 Å². The summed E-state index contributed by atoms with van der Waals surface area (Å²) < 4.78 is 5.24. The van der Waals surface area contributed by atoms with Crippen LogP contribution in [-0.4, -0.2) is 36.5 Å². The first-order chi connectivity index (χ1) is 16.0. The molecule has 1 saturated heterocycles. The summed E-state index contributed by atoms with van der Waals surface area (Å²) in [6, 6.07) is 22.3. The number of hydrazone groups is 1. The lowest BCUT2D eigenvalue weighted by Gasteiger charge is -2.22. The number of nitrogens with zero attached hydrogens (tertiary/aromatic N) is 3. The molecule has 0 spiro atoms. The van der Waals surface area contributed by atoms with Gasteiger partial charge in [-0.15, -0.1) is 0 Å². The van der Waals surface area contributed by atoms with Gasteiger partial charge in [0.2, 0.25) is 5.91 Å². The number of methoxy groups -OCH3 is 1. The second-order valence-electron chi connectivity index (χ2n) is 7.93. The number of amides is 2. The number of anilines is 2. The van der Waals surface area contributed by atoms with Crippen LogP contribution in [0, 0.1) is 5.92 Å². The smallest absolute Gasteiger partial charge is 0.259 e. The highest BCUT2D eigenvalue weighted by molar-refractivity contribution is 6.34. The highest BCUT2D eigenvalue weighted by atomic mass is 16.5. The molecule has 0 N–H and O–H groups in total. The van der Waals surface area contributed by atoms with E-state index in [0.29, 0.717) is 22.7 Å². The molecule has 1 fully saturated rings. The van der Waals surface area contributed by atoms with Crippen LogP contribution in [-0.2, 0) is 9.59 Å². The molecule has 33 heavy (non-hydrogen) atoms. The lowest BCUT2D eigenvalue weighted by atomic mass is 9.92. The molecular weight excluding hydrogens is 418 g/mol. The molecule has 5 rings (SSSR count). The molecule has 0 aromatic heterocycles. The fraction of sp³-hybridized carbons (Fsp3) is 0.154. The van der Waals surface area contributed by atoms with Crippen molar-refractivity contribution >= 4 is 34.7 Å². The van der Waals surface area contributed by atoms with Gasteiger partial charge in [0, 0.05) is 5.56 Å². The summed E-state index contributed by atoms with van der Waals surface area (Å²) in [7, 11) is 1.59. The van der Waals surface area contributed by atoms with Crippen LogP contribution in [0.25, 0.3) is 0 Å². The van der Waals surface area contributed by atoms with Gasteiger partial charge in [0.1, 0.15) is 17.7 Å². The number of hydrogen-bond acceptors (Lipinski definition) is 6. The summed E-state index contributed by atoms with van der Waals surface area (Å²) >= 11 is 0. The second kappa shape index (κ2) is 8.02. The Labute approximate surface area is 190 Å². The Hall–Kier alpha value is -4.26. The molecule has 3 aromatic rings. The van der Waals surface area contributed by atoms with E-state index in [1.54, 1.807) is 48.5 Å². The van der Waals surface area contributed by atoms with Crippen molar-refractivity contribution in [2.45, 2.75) is 13.0 Å². The predicted octanol–water partition coefficient (Wildman–Crippen LogP) is 3.68. The summed E-state index contributed by atoms with van der Waals surface area (Å²) in [5.41, 5.74) is 2.97. The van der Waals surface area contributed by atoms with E-state index in [1.165, 1.54) is 11.8 Å². The fourth-order valence-corrected chi connectivity index (χ4v) is 4.31. The molecular formula is C26H21N3O4. The van der Waals surface area contributed by atoms with Crippen molar-refractivity contribution in [3.63, 3.8) is 0 Å². The first-order valence-electron chi connectivity index (χ1n) is 10.6. The monoisotopic (exact) mass is 439 g/mol. The molecule has 0 bridgehead atoms. The summed E-state index contributed by atoms with van der Waals surface area (Å²) in [4.78, 5) is 40.0. The van der Waals surface area contributed by atoms with E-state index in [4.69, 9.17) is 9.84 Å². The van der Waals surface area contributed by atoms with Gasteiger partial charge < -0.3 is 4.74 Å². The number of imide groups is 1. The summed E-state index contributed by atoms with van der Waals surface area (Å²) in [5.74, 6) is -0.833.